The van der Waals surface area contributed by atoms with E-state index in [1.165, 1.54) is 12.1 Å². The molecule has 0 spiro atoms. The van der Waals surface area contributed by atoms with Crippen molar-refractivity contribution in [3.63, 3.8) is 0 Å². The number of nitrogens with zero attached hydrogens (tertiary/aromatic N) is 2. The fraction of sp³-hybridized carbons (Fsp3) is 0.0667. The van der Waals surface area contributed by atoms with Crippen LogP contribution in [0, 0.1) is 12.7 Å². The number of thiazole rings is 1. The highest BCUT2D eigenvalue weighted by Crippen LogP contribution is 2.24. The lowest BCUT2D eigenvalue weighted by Crippen LogP contribution is -1.86. The topological polar surface area (TPSA) is 25.8 Å². The van der Waals surface area contributed by atoms with Crippen molar-refractivity contribution >= 4 is 11.3 Å². The fourth-order valence-electron chi connectivity index (χ4n) is 1.86. The van der Waals surface area contributed by atoms with Gasteiger partial charge in [0.25, 0.3) is 0 Å². The van der Waals surface area contributed by atoms with E-state index in [1.54, 1.807) is 23.6 Å². The van der Waals surface area contributed by atoms with Crippen molar-refractivity contribution in [2.24, 2.45) is 0 Å². The van der Waals surface area contributed by atoms with E-state index >= 15 is 0 Å². The van der Waals surface area contributed by atoms with Crippen LogP contribution < -0.4 is 0 Å². The molecule has 2 aromatic heterocycles. The molecule has 0 aliphatic carbocycles. The molecule has 4 heteroatoms. The van der Waals surface area contributed by atoms with Gasteiger partial charge in [0.2, 0.25) is 0 Å². The molecular formula is C15H11FN2S. The highest BCUT2D eigenvalue weighted by Gasteiger charge is 2.04. The Bertz CT molecular complexity index is 704. The molecule has 3 rings (SSSR count). The van der Waals surface area contributed by atoms with Crippen LogP contribution in [-0.2, 0) is 0 Å². The Kier molecular flexibility index (Phi) is 3.09. The lowest BCUT2D eigenvalue weighted by molar-refractivity contribution is 0.628. The van der Waals surface area contributed by atoms with Crippen LogP contribution in [0.3, 0.4) is 0 Å². The first-order valence-corrected chi connectivity index (χ1v) is 6.75. The standard InChI is InChI=1S/C15H11FN2S/c1-10-18-15(9-19-10)12-5-6-14(17-8-12)11-3-2-4-13(16)7-11/h2-9H,1H3. The van der Waals surface area contributed by atoms with Gasteiger partial charge >= 0.3 is 0 Å². The Morgan fingerprint density at radius 2 is 1.95 bits per heavy atom. The van der Waals surface area contributed by atoms with Gasteiger partial charge in [-0.1, -0.05) is 12.1 Å². The molecule has 0 fully saturated rings. The average Bonchev–Trinajstić information content (AvgIpc) is 2.86. The zero-order valence-corrected chi connectivity index (χ0v) is 11.1. The quantitative estimate of drug-likeness (QED) is 0.693. The Hall–Kier alpha value is -2.07. The molecule has 2 nitrogen and oxygen atoms in total. The van der Waals surface area contributed by atoms with E-state index in [4.69, 9.17) is 0 Å². The summed E-state index contributed by atoms with van der Waals surface area (Å²) >= 11 is 1.61. The number of pyridine rings is 1. The molecule has 0 aliphatic heterocycles. The SMILES string of the molecule is Cc1nc(-c2ccc(-c3cccc(F)c3)nc2)cs1. The summed E-state index contributed by atoms with van der Waals surface area (Å²) in [6.07, 6.45) is 1.77. The zero-order chi connectivity index (χ0) is 13.2. The van der Waals surface area contributed by atoms with E-state index in [2.05, 4.69) is 9.97 Å². The van der Waals surface area contributed by atoms with Crippen LogP contribution in [0.25, 0.3) is 22.5 Å². The number of benzene rings is 1. The maximum Gasteiger partial charge on any atom is 0.123 e. The average molecular weight is 270 g/mol. The fourth-order valence-corrected chi connectivity index (χ4v) is 2.48. The molecule has 0 bridgehead atoms. The lowest BCUT2D eigenvalue weighted by Gasteiger charge is -2.02. The molecule has 3 aromatic rings. The van der Waals surface area contributed by atoms with Crippen molar-refractivity contribution in [3.05, 3.63) is 58.8 Å². The summed E-state index contributed by atoms with van der Waals surface area (Å²) in [5.74, 6) is -0.251. The summed E-state index contributed by atoms with van der Waals surface area (Å²) in [4.78, 5) is 8.79. The number of rotatable bonds is 2. The second kappa shape index (κ2) is 4.90. The Balaban J connectivity index is 1.95. The number of hydrogen-bond acceptors (Lipinski definition) is 3. The molecule has 94 valence electrons. The monoisotopic (exact) mass is 270 g/mol. The van der Waals surface area contributed by atoms with Crippen molar-refractivity contribution in [2.45, 2.75) is 6.92 Å². The van der Waals surface area contributed by atoms with Gasteiger partial charge in [-0.2, -0.15) is 0 Å². The van der Waals surface area contributed by atoms with Crippen molar-refractivity contribution in [1.29, 1.82) is 0 Å². The molecule has 1 aromatic carbocycles. The molecular weight excluding hydrogens is 259 g/mol. The summed E-state index contributed by atoms with van der Waals surface area (Å²) in [5.41, 5.74) is 3.45. The Labute approximate surface area is 114 Å². The van der Waals surface area contributed by atoms with Crippen LogP contribution in [0.4, 0.5) is 4.39 Å². The minimum Gasteiger partial charge on any atom is -0.256 e. The molecule has 0 amide bonds. The van der Waals surface area contributed by atoms with Gasteiger partial charge in [0, 0.05) is 22.7 Å². The van der Waals surface area contributed by atoms with E-state index in [0.29, 0.717) is 0 Å². The van der Waals surface area contributed by atoms with Gasteiger partial charge in [-0.25, -0.2) is 9.37 Å². The summed E-state index contributed by atoms with van der Waals surface area (Å²) in [6, 6.07) is 10.3. The largest absolute Gasteiger partial charge is 0.256 e. The van der Waals surface area contributed by atoms with Gasteiger partial charge in [-0.05, 0) is 31.2 Å². The summed E-state index contributed by atoms with van der Waals surface area (Å²) in [7, 11) is 0. The minimum absolute atomic E-state index is 0.251. The third-order valence-corrected chi connectivity index (χ3v) is 3.57. The van der Waals surface area contributed by atoms with E-state index in [0.717, 1.165) is 27.5 Å². The first kappa shape index (κ1) is 12.0. The van der Waals surface area contributed by atoms with Crippen molar-refractivity contribution in [2.75, 3.05) is 0 Å². The number of aryl methyl sites for hydroxylation is 1. The van der Waals surface area contributed by atoms with Crippen molar-refractivity contribution in [3.8, 4) is 22.5 Å². The molecule has 0 atom stereocenters. The van der Waals surface area contributed by atoms with Gasteiger partial charge in [0.1, 0.15) is 5.82 Å². The van der Waals surface area contributed by atoms with E-state index in [1.807, 2.05) is 30.5 Å². The second-order valence-corrected chi connectivity index (χ2v) is 5.26. The maximum absolute atomic E-state index is 13.2. The third-order valence-electron chi connectivity index (χ3n) is 2.80. The molecule has 0 N–H and O–H groups in total. The molecule has 0 saturated carbocycles. The number of aromatic nitrogens is 2. The van der Waals surface area contributed by atoms with Crippen LogP contribution in [0.1, 0.15) is 5.01 Å². The van der Waals surface area contributed by atoms with Crippen LogP contribution in [0.15, 0.2) is 48.0 Å². The molecule has 2 heterocycles. The van der Waals surface area contributed by atoms with Gasteiger partial charge in [0.05, 0.1) is 16.4 Å². The molecule has 0 saturated heterocycles. The van der Waals surface area contributed by atoms with Crippen LogP contribution in [-0.4, -0.2) is 9.97 Å². The normalized spacial score (nSPS) is 10.6. The van der Waals surface area contributed by atoms with Crippen molar-refractivity contribution in [1.82, 2.24) is 9.97 Å². The lowest BCUT2D eigenvalue weighted by atomic mass is 10.1. The van der Waals surface area contributed by atoms with Crippen LogP contribution in [0.2, 0.25) is 0 Å². The molecule has 0 unspecified atom stereocenters. The van der Waals surface area contributed by atoms with Gasteiger partial charge < -0.3 is 0 Å². The second-order valence-electron chi connectivity index (χ2n) is 4.19. The number of hydrogen-bond donors (Lipinski definition) is 0. The first-order chi connectivity index (χ1) is 9.22. The van der Waals surface area contributed by atoms with Gasteiger partial charge in [-0.15, -0.1) is 11.3 Å². The maximum atomic E-state index is 13.2. The van der Waals surface area contributed by atoms with Gasteiger partial charge in [0.15, 0.2) is 0 Å². The van der Waals surface area contributed by atoms with Crippen molar-refractivity contribution < 1.29 is 4.39 Å². The first-order valence-electron chi connectivity index (χ1n) is 5.87. The van der Waals surface area contributed by atoms with Crippen LogP contribution >= 0.6 is 11.3 Å². The smallest absolute Gasteiger partial charge is 0.123 e. The summed E-state index contributed by atoms with van der Waals surface area (Å²) in [6.45, 7) is 1.97. The highest BCUT2D eigenvalue weighted by atomic mass is 32.1. The molecule has 19 heavy (non-hydrogen) atoms. The van der Waals surface area contributed by atoms with Crippen LogP contribution in [0.5, 0.6) is 0 Å². The molecule has 0 aliphatic rings. The summed E-state index contributed by atoms with van der Waals surface area (Å²) < 4.78 is 13.2. The van der Waals surface area contributed by atoms with E-state index < -0.39 is 0 Å². The van der Waals surface area contributed by atoms with E-state index in [-0.39, 0.29) is 5.82 Å². The summed E-state index contributed by atoms with van der Waals surface area (Å²) in [5, 5.41) is 3.04. The Morgan fingerprint density at radius 1 is 1.05 bits per heavy atom. The zero-order valence-electron chi connectivity index (χ0n) is 10.3. The predicted octanol–water partition coefficient (Wildman–Crippen LogP) is 4.32. The van der Waals surface area contributed by atoms with Gasteiger partial charge in [-0.3, -0.25) is 4.98 Å². The Morgan fingerprint density at radius 3 is 2.58 bits per heavy atom. The third kappa shape index (κ3) is 2.53. The highest BCUT2D eigenvalue weighted by molar-refractivity contribution is 7.09. The minimum atomic E-state index is -0.251. The predicted molar refractivity (Wildman–Crippen MR) is 75.5 cm³/mol. The van der Waals surface area contributed by atoms with E-state index in [9.17, 15) is 4.39 Å². The number of halogens is 1. The molecule has 0 radical (unpaired) electrons.